The second-order valence-corrected chi connectivity index (χ2v) is 2.39. The first-order valence-corrected chi connectivity index (χ1v) is 3.42. The minimum atomic E-state index is -1.19. The highest BCUT2D eigenvalue weighted by atomic mass is 16.4. The van der Waals surface area contributed by atoms with Crippen molar-refractivity contribution >= 4 is 17.5 Å². The van der Waals surface area contributed by atoms with Crippen LogP contribution in [0.1, 0.15) is 5.56 Å². The molecule has 1 rings (SSSR count). The molecule has 5 nitrogen and oxygen atoms in total. The molecule has 0 fully saturated rings. The lowest BCUT2D eigenvalue weighted by molar-refractivity contribution is 0.210. The fourth-order valence-electron chi connectivity index (χ4n) is 0.912. The SMILES string of the molecule is N#Cc1cc(N)cc(NC(=O)O)c1. The number of nitrogens with two attached hydrogens (primary N) is 1. The van der Waals surface area contributed by atoms with Crippen molar-refractivity contribution in [3.8, 4) is 6.07 Å². The number of hydrogen-bond acceptors (Lipinski definition) is 3. The third kappa shape index (κ3) is 2.38. The smallest absolute Gasteiger partial charge is 0.409 e. The van der Waals surface area contributed by atoms with Crippen molar-refractivity contribution < 1.29 is 9.90 Å². The number of nitrogens with one attached hydrogen (secondary N) is 1. The van der Waals surface area contributed by atoms with E-state index in [1.807, 2.05) is 6.07 Å². The molecule has 0 aromatic heterocycles. The molecular weight excluding hydrogens is 170 g/mol. The molecule has 1 aromatic carbocycles. The summed E-state index contributed by atoms with van der Waals surface area (Å²) in [6.07, 6.45) is -1.19. The van der Waals surface area contributed by atoms with Crippen LogP contribution in [0.5, 0.6) is 0 Å². The number of nitrogen functional groups attached to an aromatic ring is 1. The molecule has 0 aliphatic heterocycles. The molecule has 66 valence electrons. The zero-order valence-corrected chi connectivity index (χ0v) is 6.61. The van der Waals surface area contributed by atoms with E-state index in [9.17, 15) is 4.79 Å². The third-order valence-corrected chi connectivity index (χ3v) is 1.34. The van der Waals surface area contributed by atoms with Crippen LogP contribution in [-0.2, 0) is 0 Å². The summed E-state index contributed by atoms with van der Waals surface area (Å²) in [7, 11) is 0. The van der Waals surface area contributed by atoms with E-state index >= 15 is 0 Å². The minimum Gasteiger partial charge on any atom is -0.465 e. The van der Waals surface area contributed by atoms with Gasteiger partial charge in [0.05, 0.1) is 11.6 Å². The molecule has 13 heavy (non-hydrogen) atoms. The summed E-state index contributed by atoms with van der Waals surface area (Å²) in [6.45, 7) is 0. The first-order chi connectivity index (χ1) is 6.11. The molecule has 1 amide bonds. The summed E-state index contributed by atoms with van der Waals surface area (Å²) in [4.78, 5) is 10.2. The Bertz CT molecular complexity index is 381. The van der Waals surface area contributed by atoms with Gasteiger partial charge in [0.25, 0.3) is 0 Å². The van der Waals surface area contributed by atoms with Gasteiger partial charge < -0.3 is 10.8 Å². The number of rotatable bonds is 1. The van der Waals surface area contributed by atoms with Crippen LogP contribution in [0, 0.1) is 11.3 Å². The van der Waals surface area contributed by atoms with Gasteiger partial charge in [-0.2, -0.15) is 5.26 Å². The summed E-state index contributed by atoms with van der Waals surface area (Å²) in [6, 6.07) is 6.18. The Balaban J connectivity index is 3.03. The molecular formula is C8H7N3O2. The Morgan fingerprint density at radius 2 is 2.23 bits per heavy atom. The molecule has 0 heterocycles. The van der Waals surface area contributed by atoms with Gasteiger partial charge >= 0.3 is 6.09 Å². The van der Waals surface area contributed by atoms with Gasteiger partial charge in [0.1, 0.15) is 0 Å². The maximum absolute atomic E-state index is 10.2. The summed E-state index contributed by atoms with van der Waals surface area (Å²) in [5.41, 5.74) is 6.39. The monoisotopic (exact) mass is 177 g/mol. The fraction of sp³-hybridized carbons (Fsp3) is 0. The fourth-order valence-corrected chi connectivity index (χ4v) is 0.912. The Hall–Kier alpha value is -2.22. The van der Waals surface area contributed by atoms with E-state index in [-0.39, 0.29) is 0 Å². The van der Waals surface area contributed by atoms with Gasteiger partial charge in [-0.05, 0) is 18.2 Å². The van der Waals surface area contributed by atoms with E-state index in [0.29, 0.717) is 16.9 Å². The molecule has 5 heteroatoms. The Morgan fingerprint density at radius 3 is 2.77 bits per heavy atom. The summed E-state index contributed by atoms with van der Waals surface area (Å²) < 4.78 is 0. The molecule has 0 saturated carbocycles. The van der Waals surface area contributed by atoms with Gasteiger partial charge in [-0.1, -0.05) is 0 Å². The average Bonchev–Trinajstić information content (AvgIpc) is 2.01. The van der Waals surface area contributed by atoms with Gasteiger partial charge in [0, 0.05) is 11.4 Å². The van der Waals surface area contributed by atoms with Crippen LogP contribution in [0.15, 0.2) is 18.2 Å². The van der Waals surface area contributed by atoms with E-state index in [1.54, 1.807) is 0 Å². The molecule has 0 atom stereocenters. The second-order valence-electron chi connectivity index (χ2n) is 2.39. The van der Waals surface area contributed by atoms with Gasteiger partial charge in [-0.15, -0.1) is 0 Å². The Labute approximate surface area is 74.4 Å². The van der Waals surface area contributed by atoms with Crippen LogP contribution in [0.3, 0.4) is 0 Å². The predicted molar refractivity (Wildman–Crippen MR) is 47.2 cm³/mol. The quantitative estimate of drug-likeness (QED) is 0.561. The molecule has 0 spiro atoms. The molecule has 0 bridgehead atoms. The standard InChI is InChI=1S/C8H7N3O2/c9-4-5-1-6(10)3-7(2-5)11-8(12)13/h1-3,11H,10H2,(H,12,13). The number of carboxylic acid groups (broad SMARTS) is 1. The van der Waals surface area contributed by atoms with Crippen molar-refractivity contribution in [1.29, 1.82) is 5.26 Å². The highest BCUT2D eigenvalue weighted by Crippen LogP contribution is 2.15. The summed E-state index contributed by atoms with van der Waals surface area (Å²) in [5, 5.41) is 19.0. The zero-order chi connectivity index (χ0) is 9.84. The molecule has 0 radical (unpaired) electrons. The zero-order valence-electron chi connectivity index (χ0n) is 6.61. The van der Waals surface area contributed by atoms with Gasteiger partial charge in [0.15, 0.2) is 0 Å². The number of amides is 1. The normalized spacial score (nSPS) is 8.85. The highest BCUT2D eigenvalue weighted by Gasteiger charge is 2.00. The topological polar surface area (TPSA) is 99.1 Å². The maximum atomic E-state index is 10.2. The van der Waals surface area contributed by atoms with Gasteiger partial charge in [0.2, 0.25) is 0 Å². The first-order valence-electron chi connectivity index (χ1n) is 3.42. The average molecular weight is 177 g/mol. The number of nitrogens with zero attached hydrogens (tertiary/aromatic N) is 1. The molecule has 0 aliphatic carbocycles. The summed E-state index contributed by atoms with van der Waals surface area (Å²) in [5.74, 6) is 0. The first kappa shape index (κ1) is 8.87. The summed E-state index contributed by atoms with van der Waals surface area (Å²) >= 11 is 0. The van der Waals surface area contributed by atoms with Crippen LogP contribution in [0.4, 0.5) is 16.2 Å². The van der Waals surface area contributed by atoms with E-state index in [2.05, 4.69) is 5.32 Å². The van der Waals surface area contributed by atoms with E-state index in [4.69, 9.17) is 16.1 Å². The van der Waals surface area contributed by atoms with E-state index < -0.39 is 6.09 Å². The number of nitriles is 1. The van der Waals surface area contributed by atoms with Crippen molar-refractivity contribution in [2.45, 2.75) is 0 Å². The number of benzene rings is 1. The van der Waals surface area contributed by atoms with Crippen LogP contribution < -0.4 is 11.1 Å². The second kappa shape index (κ2) is 3.45. The number of hydrogen-bond donors (Lipinski definition) is 3. The molecule has 0 saturated heterocycles. The van der Waals surface area contributed by atoms with Crippen LogP contribution in [0.25, 0.3) is 0 Å². The van der Waals surface area contributed by atoms with Crippen molar-refractivity contribution in [2.24, 2.45) is 0 Å². The lowest BCUT2D eigenvalue weighted by Gasteiger charge is -2.02. The van der Waals surface area contributed by atoms with Crippen molar-refractivity contribution in [1.82, 2.24) is 0 Å². The van der Waals surface area contributed by atoms with Crippen molar-refractivity contribution in [3.63, 3.8) is 0 Å². The lowest BCUT2D eigenvalue weighted by atomic mass is 10.2. The Morgan fingerprint density at radius 1 is 1.54 bits per heavy atom. The van der Waals surface area contributed by atoms with Gasteiger partial charge in [-0.25, -0.2) is 4.79 Å². The maximum Gasteiger partial charge on any atom is 0.409 e. The van der Waals surface area contributed by atoms with Crippen LogP contribution in [-0.4, -0.2) is 11.2 Å². The van der Waals surface area contributed by atoms with Gasteiger partial charge in [-0.3, -0.25) is 5.32 Å². The van der Waals surface area contributed by atoms with E-state index in [0.717, 1.165) is 0 Å². The predicted octanol–water partition coefficient (Wildman–Crippen LogP) is 1.23. The van der Waals surface area contributed by atoms with Crippen LogP contribution >= 0.6 is 0 Å². The number of carbonyl (C=O) groups is 1. The molecule has 4 N–H and O–H groups in total. The lowest BCUT2D eigenvalue weighted by Crippen LogP contribution is -2.07. The number of anilines is 2. The van der Waals surface area contributed by atoms with E-state index in [1.165, 1.54) is 18.2 Å². The highest BCUT2D eigenvalue weighted by molar-refractivity contribution is 5.84. The van der Waals surface area contributed by atoms with Crippen molar-refractivity contribution in [3.05, 3.63) is 23.8 Å². The molecule has 0 aliphatic rings. The van der Waals surface area contributed by atoms with Crippen LogP contribution in [0.2, 0.25) is 0 Å². The third-order valence-electron chi connectivity index (χ3n) is 1.34. The largest absolute Gasteiger partial charge is 0.465 e. The van der Waals surface area contributed by atoms with Crippen molar-refractivity contribution in [2.75, 3.05) is 11.1 Å². The minimum absolute atomic E-state index is 0.295. The Kier molecular flexibility index (Phi) is 2.36. The molecule has 0 unspecified atom stereocenters. The molecule has 1 aromatic rings.